The number of anilines is 1. The molecule has 0 aromatic heterocycles. The quantitative estimate of drug-likeness (QED) is 0.556. The number of carbonyl (C=O) groups excluding carboxylic acids is 1. The molecular weight excluding hydrogens is 322 g/mol. The van der Waals surface area contributed by atoms with Crippen LogP contribution in [0.4, 0.5) is 11.4 Å². The molecule has 1 aliphatic rings. The van der Waals surface area contributed by atoms with Crippen LogP contribution in [0.15, 0.2) is 18.2 Å². The van der Waals surface area contributed by atoms with Gasteiger partial charge < -0.3 is 15.3 Å². The first-order chi connectivity index (χ1) is 12.0. The molecule has 1 atom stereocenters. The topological polar surface area (TPSA) is 95.7 Å². The first kappa shape index (κ1) is 19.2. The van der Waals surface area contributed by atoms with Gasteiger partial charge in [-0.15, -0.1) is 0 Å². The van der Waals surface area contributed by atoms with Gasteiger partial charge >= 0.3 is 0 Å². The molecule has 1 unspecified atom stereocenters. The van der Waals surface area contributed by atoms with Crippen molar-refractivity contribution in [1.29, 1.82) is 0 Å². The van der Waals surface area contributed by atoms with Crippen molar-refractivity contribution in [2.75, 3.05) is 24.5 Å². The van der Waals surface area contributed by atoms with E-state index in [0.29, 0.717) is 5.56 Å². The van der Waals surface area contributed by atoms with Crippen molar-refractivity contribution in [2.45, 2.75) is 45.6 Å². The number of hydrogen-bond donors (Lipinski definition) is 2. The molecule has 7 heteroatoms. The van der Waals surface area contributed by atoms with Crippen molar-refractivity contribution in [3.63, 3.8) is 0 Å². The molecule has 1 saturated heterocycles. The van der Waals surface area contributed by atoms with Gasteiger partial charge in [0.25, 0.3) is 11.6 Å². The second kappa shape index (κ2) is 8.80. The van der Waals surface area contributed by atoms with Crippen molar-refractivity contribution in [3.05, 3.63) is 33.9 Å². The number of amides is 1. The van der Waals surface area contributed by atoms with E-state index in [1.807, 2.05) is 13.8 Å². The highest BCUT2D eigenvalue weighted by atomic mass is 16.6. The van der Waals surface area contributed by atoms with Gasteiger partial charge in [0.05, 0.1) is 22.3 Å². The zero-order valence-electron chi connectivity index (χ0n) is 14.9. The van der Waals surface area contributed by atoms with E-state index in [9.17, 15) is 20.0 Å². The lowest BCUT2D eigenvalue weighted by atomic mass is 9.96. The highest BCUT2D eigenvalue weighted by molar-refractivity contribution is 6.00. The Morgan fingerprint density at radius 2 is 1.96 bits per heavy atom. The minimum Gasteiger partial charge on any atom is -0.391 e. The Bertz CT molecular complexity index is 610. The number of nitrogens with one attached hydrogen (secondary N) is 1. The summed E-state index contributed by atoms with van der Waals surface area (Å²) in [5.74, 6) is -0.251. The second-order valence-electron chi connectivity index (χ2n) is 6.51. The Morgan fingerprint density at radius 3 is 2.52 bits per heavy atom. The number of non-ortho nitro benzene ring substituents is 1. The third kappa shape index (κ3) is 4.69. The van der Waals surface area contributed by atoms with E-state index >= 15 is 0 Å². The third-order valence-corrected chi connectivity index (χ3v) is 4.95. The third-order valence-electron chi connectivity index (χ3n) is 4.95. The molecule has 138 valence electrons. The van der Waals surface area contributed by atoms with Crippen LogP contribution in [0.3, 0.4) is 0 Å². The van der Waals surface area contributed by atoms with Crippen LogP contribution >= 0.6 is 0 Å². The average molecular weight is 349 g/mol. The summed E-state index contributed by atoms with van der Waals surface area (Å²) in [6.45, 7) is 5.84. The van der Waals surface area contributed by atoms with Crippen LogP contribution in [-0.4, -0.2) is 41.7 Å². The maximum atomic E-state index is 12.6. The van der Waals surface area contributed by atoms with Gasteiger partial charge in [-0.1, -0.05) is 26.7 Å². The predicted molar refractivity (Wildman–Crippen MR) is 97.0 cm³/mol. The summed E-state index contributed by atoms with van der Waals surface area (Å²) in [5.41, 5.74) is 0.916. The number of carbonyl (C=O) groups is 1. The molecule has 1 amide bonds. The monoisotopic (exact) mass is 349 g/mol. The number of rotatable bonds is 8. The lowest BCUT2D eigenvalue weighted by molar-refractivity contribution is -0.384. The molecule has 1 aliphatic heterocycles. The fourth-order valence-corrected chi connectivity index (χ4v) is 3.35. The smallest absolute Gasteiger partial charge is 0.270 e. The molecule has 0 spiro atoms. The van der Waals surface area contributed by atoms with Crippen molar-refractivity contribution in [3.8, 4) is 0 Å². The van der Waals surface area contributed by atoms with Gasteiger partial charge in [-0.3, -0.25) is 14.9 Å². The van der Waals surface area contributed by atoms with Crippen molar-refractivity contribution < 1.29 is 14.8 Å². The fraction of sp³-hybridized carbons (Fsp3) is 0.611. The Hall–Kier alpha value is -2.15. The first-order valence-corrected chi connectivity index (χ1v) is 8.97. The van der Waals surface area contributed by atoms with Gasteiger partial charge in [-0.2, -0.15) is 0 Å². The molecule has 0 aliphatic carbocycles. The van der Waals surface area contributed by atoms with Crippen molar-refractivity contribution in [1.82, 2.24) is 5.32 Å². The largest absolute Gasteiger partial charge is 0.391 e. The van der Waals surface area contributed by atoms with Crippen LogP contribution in [-0.2, 0) is 0 Å². The van der Waals surface area contributed by atoms with Gasteiger partial charge in [-0.25, -0.2) is 0 Å². The SMILES string of the molecule is CCC(CC)C(O)CNC(=O)c1cc([N+](=O)[O-])ccc1N1CCCC1. The normalized spacial score (nSPS) is 15.4. The van der Waals surface area contributed by atoms with Gasteiger partial charge in [0.1, 0.15) is 0 Å². The zero-order valence-corrected chi connectivity index (χ0v) is 14.9. The van der Waals surface area contributed by atoms with Crippen LogP contribution in [0.2, 0.25) is 0 Å². The molecule has 1 aromatic carbocycles. The lowest BCUT2D eigenvalue weighted by Crippen LogP contribution is -2.36. The predicted octanol–water partition coefficient (Wildman–Crippen LogP) is 2.72. The molecule has 25 heavy (non-hydrogen) atoms. The molecule has 2 N–H and O–H groups in total. The van der Waals surface area contributed by atoms with E-state index in [1.54, 1.807) is 6.07 Å². The summed E-state index contributed by atoms with van der Waals surface area (Å²) in [5, 5.41) is 24.0. The van der Waals surface area contributed by atoms with Crippen LogP contribution in [0.1, 0.15) is 49.9 Å². The molecule has 0 saturated carbocycles. The number of nitro benzene ring substituents is 1. The summed E-state index contributed by atoms with van der Waals surface area (Å²) in [6.07, 6.45) is 3.15. The summed E-state index contributed by atoms with van der Waals surface area (Å²) in [4.78, 5) is 25.3. The number of nitro groups is 1. The van der Waals surface area contributed by atoms with E-state index in [2.05, 4.69) is 10.2 Å². The van der Waals surface area contributed by atoms with E-state index < -0.39 is 11.0 Å². The number of nitrogens with zero attached hydrogens (tertiary/aromatic N) is 2. The second-order valence-corrected chi connectivity index (χ2v) is 6.51. The summed E-state index contributed by atoms with van der Waals surface area (Å²) >= 11 is 0. The van der Waals surface area contributed by atoms with E-state index in [4.69, 9.17) is 0 Å². The average Bonchev–Trinajstić information content (AvgIpc) is 3.14. The van der Waals surface area contributed by atoms with Crippen LogP contribution in [0.25, 0.3) is 0 Å². The van der Waals surface area contributed by atoms with Gasteiger partial charge in [0, 0.05) is 31.8 Å². The maximum Gasteiger partial charge on any atom is 0.270 e. The summed E-state index contributed by atoms with van der Waals surface area (Å²) < 4.78 is 0. The number of aliphatic hydroxyl groups is 1. The molecule has 0 radical (unpaired) electrons. The molecule has 1 heterocycles. The number of aliphatic hydroxyl groups excluding tert-OH is 1. The lowest BCUT2D eigenvalue weighted by Gasteiger charge is -2.23. The van der Waals surface area contributed by atoms with Crippen LogP contribution in [0.5, 0.6) is 0 Å². The standard InChI is InChI=1S/C18H27N3O4/c1-3-13(4-2)17(22)12-19-18(23)15-11-14(21(24)25)7-8-16(15)20-9-5-6-10-20/h7-8,11,13,17,22H,3-6,9-10,12H2,1-2H3,(H,19,23). The Morgan fingerprint density at radius 1 is 1.32 bits per heavy atom. The Labute approximate surface area is 148 Å². The van der Waals surface area contributed by atoms with Crippen molar-refractivity contribution in [2.24, 2.45) is 5.92 Å². The number of benzene rings is 1. The molecule has 1 aromatic rings. The molecule has 2 rings (SSSR count). The van der Waals surface area contributed by atoms with Crippen molar-refractivity contribution >= 4 is 17.3 Å². The van der Waals surface area contributed by atoms with Crippen LogP contribution < -0.4 is 10.2 Å². The van der Waals surface area contributed by atoms with E-state index in [0.717, 1.165) is 44.5 Å². The molecule has 7 nitrogen and oxygen atoms in total. The van der Waals surface area contributed by atoms with E-state index in [-0.39, 0.29) is 24.1 Å². The summed E-state index contributed by atoms with van der Waals surface area (Å²) in [6, 6.07) is 4.41. The maximum absolute atomic E-state index is 12.6. The Kier molecular flexibility index (Phi) is 6.75. The van der Waals surface area contributed by atoms with Crippen LogP contribution in [0, 0.1) is 16.0 Å². The first-order valence-electron chi connectivity index (χ1n) is 8.97. The number of hydrogen-bond acceptors (Lipinski definition) is 5. The van der Waals surface area contributed by atoms with E-state index in [1.165, 1.54) is 12.1 Å². The fourth-order valence-electron chi connectivity index (χ4n) is 3.35. The van der Waals surface area contributed by atoms with Gasteiger partial charge in [0.2, 0.25) is 0 Å². The minimum absolute atomic E-state index is 0.103. The molecular formula is C18H27N3O4. The highest BCUT2D eigenvalue weighted by Crippen LogP contribution is 2.28. The zero-order chi connectivity index (χ0) is 18.4. The highest BCUT2D eigenvalue weighted by Gasteiger charge is 2.23. The molecule has 1 fully saturated rings. The Balaban J connectivity index is 2.18. The van der Waals surface area contributed by atoms with Gasteiger partial charge in [0.15, 0.2) is 0 Å². The molecule has 0 bridgehead atoms. The summed E-state index contributed by atoms with van der Waals surface area (Å²) in [7, 11) is 0. The minimum atomic E-state index is -0.618. The van der Waals surface area contributed by atoms with Gasteiger partial charge in [-0.05, 0) is 24.8 Å².